The van der Waals surface area contributed by atoms with Crippen LogP contribution in [-0.2, 0) is 19.1 Å². The summed E-state index contributed by atoms with van der Waals surface area (Å²) in [6, 6.07) is 0. The zero-order valence-electron chi connectivity index (χ0n) is 8.45. The first-order chi connectivity index (χ1) is 6.75. The fraction of sp³-hybridized carbons (Fsp3) is 0.800. The van der Waals surface area contributed by atoms with Crippen LogP contribution in [-0.4, -0.2) is 38.0 Å². The first kappa shape index (κ1) is 11.3. The predicted molar refractivity (Wildman–Crippen MR) is 50.1 cm³/mol. The van der Waals surface area contributed by atoms with Gasteiger partial charge in [0.1, 0.15) is 11.6 Å². The summed E-state index contributed by atoms with van der Waals surface area (Å²) in [6.07, 6.45) is 0.679. The van der Waals surface area contributed by atoms with Gasteiger partial charge in [0.2, 0.25) is 0 Å². The van der Waals surface area contributed by atoms with E-state index in [9.17, 15) is 9.59 Å². The highest BCUT2D eigenvalue weighted by atomic mass is 16.5. The number of carbonyl (C=O) groups excluding carboxylic acids is 2. The lowest BCUT2D eigenvalue weighted by Gasteiger charge is -2.19. The Balaban J connectivity index is 2.31. The SMILES string of the molecule is CCOCCC(=O)C1COCCC1=O. The number of Topliss-reactive ketones (excluding diaryl/α,β-unsaturated/α-hetero) is 2. The molecule has 4 nitrogen and oxygen atoms in total. The van der Waals surface area contributed by atoms with Crippen molar-refractivity contribution in [1.29, 1.82) is 0 Å². The molecule has 1 atom stereocenters. The van der Waals surface area contributed by atoms with Crippen molar-refractivity contribution in [3.05, 3.63) is 0 Å². The van der Waals surface area contributed by atoms with Gasteiger partial charge in [-0.15, -0.1) is 0 Å². The quantitative estimate of drug-likeness (QED) is 0.481. The summed E-state index contributed by atoms with van der Waals surface area (Å²) in [5.41, 5.74) is 0. The third-order valence-electron chi connectivity index (χ3n) is 2.25. The van der Waals surface area contributed by atoms with Gasteiger partial charge in [-0.25, -0.2) is 0 Å². The van der Waals surface area contributed by atoms with Crippen LogP contribution in [0.4, 0.5) is 0 Å². The zero-order valence-corrected chi connectivity index (χ0v) is 8.45. The highest BCUT2D eigenvalue weighted by Gasteiger charge is 2.28. The first-order valence-corrected chi connectivity index (χ1v) is 4.96. The standard InChI is InChI=1S/C10H16O4/c1-2-13-5-3-9(11)8-7-14-6-4-10(8)12/h8H,2-7H2,1H3. The molecule has 1 aliphatic rings. The summed E-state index contributed by atoms with van der Waals surface area (Å²) < 4.78 is 10.2. The number of rotatable bonds is 5. The van der Waals surface area contributed by atoms with Crippen molar-refractivity contribution in [2.75, 3.05) is 26.4 Å². The fourth-order valence-electron chi connectivity index (χ4n) is 1.40. The van der Waals surface area contributed by atoms with Crippen LogP contribution in [0, 0.1) is 5.92 Å². The van der Waals surface area contributed by atoms with E-state index in [2.05, 4.69) is 0 Å². The van der Waals surface area contributed by atoms with Crippen molar-refractivity contribution in [3.8, 4) is 0 Å². The molecule has 0 bridgehead atoms. The van der Waals surface area contributed by atoms with Gasteiger partial charge in [-0.2, -0.15) is 0 Å². The molecule has 0 aromatic carbocycles. The molecule has 1 fully saturated rings. The second-order valence-electron chi connectivity index (χ2n) is 3.26. The monoisotopic (exact) mass is 200 g/mol. The van der Waals surface area contributed by atoms with E-state index in [1.54, 1.807) is 0 Å². The van der Waals surface area contributed by atoms with Crippen molar-refractivity contribution in [2.24, 2.45) is 5.92 Å². The molecular weight excluding hydrogens is 184 g/mol. The molecular formula is C10H16O4. The van der Waals surface area contributed by atoms with E-state index in [1.807, 2.05) is 6.92 Å². The van der Waals surface area contributed by atoms with Gasteiger partial charge in [0.25, 0.3) is 0 Å². The van der Waals surface area contributed by atoms with Gasteiger partial charge in [-0.3, -0.25) is 9.59 Å². The van der Waals surface area contributed by atoms with E-state index < -0.39 is 5.92 Å². The molecule has 0 amide bonds. The van der Waals surface area contributed by atoms with E-state index in [4.69, 9.17) is 9.47 Å². The molecule has 1 aliphatic heterocycles. The van der Waals surface area contributed by atoms with Gasteiger partial charge < -0.3 is 9.47 Å². The van der Waals surface area contributed by atoms with Gasteiger partial charge in [0.15, 0.2) is 0 Å². The Hall–Kier alpha value is -0.740. The minimum atomic E-state index is -0.538. The van der Waals surface area contributed by atoms with E-state index in [0.29, 0.717) is 32.7 Å². The van der Waals surface area contributed by atoms with Crippen LogP contribution >= 0.6 is 0 Å². The van der Waals surface area contributed by atoms with Crippen molar-refractivity contribution >= 4 is 11.6 Å². The van der Waals surface area contributed by atoms with Crippen LogP contribution in [0.3, 0.4) is 0 Å². The van der Waals surface area contributed by atoms with Crippen molar-refractivity contribution in [3.63, 3.8) is 0 Å². The molecule has 1 unspecified atom stereocenters. The molecule has 80 valence electrons. The van der Waals surface area contributed by atoms with Gasteiger partial charge in [-0.1, -0.05) is 0 Å². The maximum absolute atomic E-state index is 11.5. The van der Waals surface area contributed by atoms with E-state index in [-0.39, 0.29) is 18.2 Å². The van der Waals surface area contributed by atoms with Crippen molar-refractivity contribution in [1.82, 2.24) is 0 Å². The largest absolute Gasteiger partial charge is 0.381 e. The van der Waals surface area contributed by atoms with Gasteiger partial charge in [-0.05, 0) is 6.92 Å². The van der Waals surface area contributed by atoms with Crippen LogP contribution in [0.25, 0.3) is 0 Å². The summed E-state index contributed by atoms with van der Waals surface area (Å²) in [4.78, 5) is 22.8. The zero-order chi connectivity index (χ0) is 10.4. The van der Waals surface area contributed by atoms with Crippen molar-refractivity contribution < 1.29 is 19.1 Å². The van der Waals surface area contributed by atoms with Gasteiger partial charge in [0, 0.05) is 19.4 Å². The summed E-state index contributed by atoms with van der Waals surface area (Å²) in [5, 5.41) is 0. The van der Waals surface area contributed by atoms with Gasteiger partial charge in [0.05, 0.1) is 25.7 Å². The lowest BCUT2D eigenvalue weighted by molar-refractivity contribution is -0.140. The van der Waals surface area contributed by atoms with Gasteiger partial charge >= 0.3 is 0 Å². The number of hydrogen-bond acceptors (Lipinski definition) is 4. The average Bonchev–Trinajstić information content (AvgIpc) is 2.18. The molecule has 0 aromatic rings. The smallest absolute Gasteiger partial charge is 0.147 e. The number of ether oxygens (including phenoxy) is 2. The summed E-state index contributed by atoms with van der Waals surface area (Å²) in [6.45, 7) is 3.58. The highest BCUT2D eigenvalue weighted by molar-refractivity contribution is 6.02. The normalized spacial score (nSPS) is 22.4. The fourth-order valence-corrected chi connectivity index (χ4v) is 1.40. The topological polar surface area (TPSA) is 52.6 Å². The summed E-state index contributed by atoms with van der Waals surface area (Å²) in [5.74, 6) is -0.579. The molecule has 0 spiro atoms. The Labute approximate surface area is 83.6 Å². The van der Waals surface area contributed by atoms with Crippen molar-refractivity contribution in [2.45, 2.75) is 19.8 Å². The molecule has 1 rings (SSSR count). The maximum atomic E-state index is 11.5. The van der Waals surface area contributed by atoms with Crippen LogP contribution in [0.2, 0.25) is 0 Å². The lowest BCUT2D eigenvalue weighted by atomic mass is 9.94. The number of hydrogen-bond donors (Lipinski definition) is 0. The molecule has 1 heterocycles. The maximum Gasteiger partial charge on any atom is 0.147 e. The highest BCUT2D eigenvalue weighted by Crippen LogP contribution is 2.12. The van der Waals surface area contributed by atoms with Crippen LogP contribution < -0.4 is 0 Å². The molecule has 0 N–H and O–H groups in total. The second-order valence-corrected chi connectivity index (χ2v) is 3.26. The first-order valence-electron chi connectivity index (χ1n) is 4.96. The second kappa shape index (κ2) is 5.88. The Morgan fingerprint density at radius 3 is 3.07 bits per heavy atom. The molecule has 14 heavy (non-hydrogen) atoms. The lowest BCUT2D eigenvalue weighted by Crippen LogP contribution is -2.34. The molecule has 0 radical (unpaired) electrons. The Bertz CT molecular complexity index is 212. The molecule has 0 aromatic heterocycles. The predicted octanol–water partition coefficient (Wildman–Crippen LogP) is 0.588. The molecule has 1 saturated heterocycles. The Morgan fingerprint density at radius 2 is 2.43 bits per heavy atom. The third kappa shape index (κ3) is 3.20. The van der Waals surface area contributed by atoms with E-state index in [1.165, 1.54) is 0 Å². The van der Waals surface area contributed by atoms with E-state index in [0.717, 1.165) is 0 Å². The van der Waals surface area contributed by atoms with Crippen LogP contribution in [0.5, 0.6) is 0 Å². The van der Waals surface area contributed by atoms with Crippen LogP contribution in [0.1, 0.15) is 19.8 Å². The Morgan fingerprint density at radius 1 is 1.64 bits per heavy atom. The third-order valence-corrected chi connectivity index (χ3v) is 2.25. The summed E-state index contributed by atoms with van der Waals surface area (Å²) >= 11 is 0. The van der Waals surface area contributed by atoms with Crippen LogP contribution in [0.15, 0.2) is 0 Å². The minimum Gasteiger partial charge on any atom is -0.381 e. The minimum absolute atomic E-state index is 0.0118. The molecule has 0 saturated carbocycles. The average molecular weight is 200 g/mol. The number of carbonyl (C=O) groups is 2. The summed E-state index contributed by atoms with van der Waals surface area (Å²) in [7, 11) is 0. The Kier molecular flexibility index (Phi) is 4.76. The van der Waals surface area contributed by atoms with E-state index >= 15 is 0 Å². The number of ketones is 2. The molecule has 0 aliphatic carbocycles. The molecule has 4 heteroatoms.